The lowest BCUT2D eigenvalue weighted by atomic mass is 10.2. The Morgan fingerprint density at radius 2 is 2.18 bits per heavy atom. The molecule has 0 unspecified atom stereocenters. The fraction of sp³-hybridized carbons (Fsp3) is 0.167. The van der Waals surface area contributed by atoms with Crippen molar-refractivity contribution < 1.29 is 4.79 Å². The zero-order valence-electron chi connectivity index (χ0n) is 9.45. The van der Waals surface area contributed by atoms with Crippen LogP contribution in [0.1, 0.15) is 21.1 Å². The van der Waals surface area contributed by atoms with Gasteiger partial charge in [-0.25, -0.2) is 4.98 Å². The molecule has 17 heavy (non-hydrogen) atoms. The van der Waals surface area contributed by atoms with E-state index in [4.69, 9.17) is 11.6 Å². The molecule has 0 fully saturated rings. The van der Waals surface area contributed by atoms with Crippen LogP contribution in [0, 0.1) is 13.8 Å². The predicted octanol–water partition coefficient (Wildman–Crippen LogP) is 3.67. The van der Waals surface area contributed by atoms with Crippen molar-refractivity contribution in [1.29, 1.82) is 0 Å². The number of halogens is 1. The van der Waals surface area contributed by atoms with Gasteiger partial charge in [0.25, 0.3) is 5.91 Å². The molecule has 5 heteroatoms. The Morgan fingerprint density at radius 1 is 1.41 bits per heavy atom. The van der Waals surface area contributed by atoms with Crippen LogP contribution in [0.2, 0.25) is 5.02 Å². The molecule has 2 aromatic rings. The first kappa shape index (κ1) is 12.1. The van der Waals surface area contributed by atoms with Gasteiger partial charge in [0.05, 0.1) is 0 Å². The van der Waals surface area contributed by atoms with Gasteiger partial charge in [0.15, 0.2) is 5.01 Å². The summed E-state index contributed by atoms with van der Waals surface area (Å²) in [4.78, 5) is 16.0. The number of rotatable bonds is 2. The van der Waals surface area contributed by atoms with Gasteiger partial charge in [-0.1, -0.05) is 17.7 Å². The molecule has 1 heterocycles. The molecule has 0 bridgehead atoms. The SMILES string of the molecule is Cc1csc(C(=O)Nc2cc(Cl)ccc2C)n1. The molecular formula is C12H11ClN2OS. The van der Waals surface area contributed by atoms with Crippen molar-refractivity contribution in [2.45, 2.75) is 13.8 Å². The molecule has 0 saturated carbocycles. The molecule has 0 spiro atoms. The Bertz CT molecular complexity index is 565. The van der Waals surface area contributed by atoms with E-state index in [-0.39, 0.29) is 5.91 Å². The number of nitrogens with one attached hydrogen (secondary N) is 1. The third-order valence-corrected chi connectivity index (χ3v) is 3.46. The van der Waals surface area contributed by atoms with Crippen LogP contribution in [0.5, 0.6) is 0 Å². The van der Waals surface area contributed by atoms with Crippen molar-refractivity contribution >= 4 is 34.5 Å². The summed E-state index contributed by atoms with van der Waals surface area (Å²) in [6.07, 6.45) is 0. The Kier molecular flexibility index (Phi) is 3.45. The standard InChI is InChI=1S/C12H11ClN2OS/c1-7-3-4-9(13)5-10(7)15-11(16)12-14-8(2)6-17-12/h3-6H,1-2H3,(H,15,16). The van der Waals surface area contributed by atoms with Gasteiger partial charge in [-0.2, -0.15) is 0 Å². The minimum Gasteiger partial charge on any atom is -0.320 e. The minimum atomic E-state index is -0.200. The number of thiazole rings is 1. The number of amides is 1. The first-order valence-electron chi connectivity index (χ1n) is 5.06. The zero-order chi connectivity index (χ0) is 12.4. The fourth-order valence-corrected chi connectivity index (χ4v) is 2.22. The second-order valence-corrected chi connectivity index (χ2v) is 5.00. The topological polar surface area (TPSA) is 42.0 Å². The van der Waals surface area contributed by atoms with Crippen LogP contribution in [0.15, 0.2) is 23.6 Å². The normalized spacial score (nSPS) is 10.3. The molecule has 0 aliphatic heterocycles. The fourth-order valence-electron chi connectivity index (χ4n) is 1.36. The summed E-state index contributed by atoms with van der Waals surface area (Å²) >= 11 is 7.22. The summed E-state index contributed by atoms with van der Waals surface area (Å²) in [5.41, 5.74) is 2.54. The first-order valence-corrected chi connectivity index (χ1v) is 6.31. The maximum Gasteiger partial charge on any atom is 0.284 e. The number of nitrogens with zero attached hydrogens (tertiary/aromatic N) is 1. The smallest absolute Gasteiger partial charge is 0.284 e. The average molecular weight is 267 g/mol. The highest BCUT2D eigenvalue weighted by molar-refractivity contribution is 7.11. The van der Waals surface area contributed by atoms with E-state index in [0.717, 1.165) is 16.9 Å². The van der Waals surface area contributed by atoms with E-state index in [1.54, 1.807) is 12.1 Å². The van der Waals surface area contributed by atoms with E-state index < -0.39 is 0 Å². The van der Waals surface area contributed by atoms with Gasteiger partial charge in [0, 0.05) is 21.8 Å². The highest BCUT2D eigenvalue weighted by atomic mass is 35.5. The molecule has 1 N–H and O–H groups in total. The molecule has 0 radical (unpaired) electrons. The second-order valence-electron chi connectivity index (χ2n) is 3.71. The molecule has 0 aliphatic carbocycles. The summed E-state index contributed by atoms with van der Waals surface area (Å²) in [7, 11) is 0. The molecule has 0 saturated heterocycles. The van der Waals surface area contributed by atoms with Crippen LogP contribution in [0.3, 0.4) is 0 Å². The second kappa shape index (κ2) is 4.85. The van der Waals surface area contributed by atoms with Crippen LogP contribution < -0.4 is 5.32 Å². The first-order chi connectivity index (χ1) is 8.06. The predicted molar refractivity (Wildman–Crippen MR) is 71.0 cm³/mol. The quantitative estimate of drug-likeness (QED) is 0.901. The number of aryl methyl sites for hydroxylation is 2. The average Bonchev–Trinajstić information content (AvgIpc) is 2.70. The lowest BCUT2D eigenvalue weighted by Gasteiger charge is -2.07. The van der Waals surface area contributed by atoms with Crippen LogP contribution in [0.25, 0.3) is 0 Å². The van der Waals surface area contributed by atoms with Gasteiger partial charge in [-0.15, -0.1) is 11.3 Å². The van der Waals surface area contributed by atoms with Crippen LogP contribution in [-0.4, -0.2) is 10.9 Å². The molecule has 3 nitrogen and oxygen atoms in total. The van der Waals surface area contributed by atoms with E-state index in [1.807, 2.05) is 25.3 Å². The lowest BCUT2D eigenvalue weighted by molar-refractivity contribution is 0.102. The number of anilines is 1. The largest absolute Gasteiger partial charge is 0.320 e. The molecule has 1 amide bonds. The van der Waals surface area contributed by atoms with Crippen molar-refractivity contribution in [3.63, 3.8) is 0 Å². The van der Waals surface area contributed by atoms with Gasteiger partial charge in [0.1, 0.15) is 0 Å². The van der Waals surface area contributed by atoms with Crippen LogP contribution >= 0.6 is 22.9 Å². The Balaban J connectivity index is 2.21. The van der Waals surface area contributed by atoms with E-state index in [0.29, 0.717) is 10.0 Å². The van der Waals surface area contributed by atoms with Crippen molar-refractivity contribution in [3.05, 3.63) is 44.9 Å². The van der Waals surface area contributed by atoms with Crippen molar-refractivity contribution in [1.82, 2.24) is 4.98 Å². The molecule has 1 aromatic heterocycles. The van der Waals surface area contributed by atoms with Gasteiger partial charge >= 0.3 is 0 Å². The number of carbonyl (C=O) groups is 1. The number of hydrogen-bond acceptors (Lipinski definition) is 3. The van der Waals surface area contributed by atoms with E-state index in [1.165, 1.54) is 11.3 Å². The van der Waals surface area contributed by atoms with Gasteiger partial charge in [0.2, 0.25) is 0 Å². The number of carbonyl (C=O) groups excluding carboxylic acids is 1. The minimum absolute atomic E-state index is 0.200. The van der Waals surface area contributed by atoms with E-state index in [2.05, 4.69) is 10.3 Å². The third-order valence-electron chi connectivity index (χ3n) is 2.26. The summed E-state index contributed by atoms with van der Waals surface area (Å²) in [5.74, 6) is -0.200. The van der Waals surface area contributed by atoms with E-state index in [9.17, 15) is 4.79 Å². The summed E-state index contributed by atoms with van der Waals surface area (Å²) < 4.78 is 0. The van der Waals surface area contributed by atoms with Crippen LogP contribution in [-0.2, 0) is 0 Å². The number of aromatic nitrogens is 1. The summed E-state index contributed by atoms with van der Waals surface area (Å²) in [5, 5.41) is 5.71. The highest BCUT2D eigenvalue weighted by Gasteiger charge is 2.11. The van der Waals surface area contributed by atoms with Crippen molar-refractivity contribution in [3.8, 4) is 0 Å². The lowest BCUT2D eigenvalue weighted by Crippen LogP contribution is -2.12. The molecule has 1 aromatic carbocycles. The molecule has 88 valence electrons. The van der Waals surface area contributed by atoms with Gasteiger partial charge in [-0.05, 0) is 31.5 Å². The maximum atomic E-state index is 11.9. The molecule has 0 atom stereocenters. The number of benzene rings is 1. The zero-order valence-corrected chi connectivity index (χ0v) is 11.0. The Morgan fingerprint density at radius 3 is 2.82 bits per heavy atom. The Labute approximate surface area is 108 Å². The molecule has 2 rings (SSSR count). The highest BCUT2D eigenvalue weighted by Crippen LogP contribution is 2.21. The maximum absolute atomic E-state index is 11.9. The molecule has 0 aliphatic rings. The van der Waals surface area contributed by atoms with Crippen molar-refractivity contribution in [2.75, 3.05) is 5.32 Å². The van der Waals surface area contributed by atoms with Gasteiger partial charge in [-0.3, -0.25) is 4.79 Å². The molecular weight excluding hydrogens is 256 g/mol. The van der Waals surface area contributed by atoms with Crippen molar-refractivity contribution in [2.24, 2.45) is 0 Å². The number of hydrogen-bond donors (Lipinski definition) is 1. The summed E-state index contributed by atoms with van der Waals surface area (Å²) in [6, 6.07) is 5.39. The van der Waals surface area contributed by atoms with Gasteiger partial charge < -0.3 is 5.32 Å². The van der Waals surface area contributed by atoms with E-state index >= 15 is 0 Å². The summed E-state index contributed by atoms with van der Waals surface area (Å²) in [6.45, 7) is 3.77. The Hall–Kier alpha value is -1.39. The monoisotopic (exact) mass is 266 g/mol. The van der Waals surface area contributed by atoms with Crippen LogP contribution in [0.4, 0.5) is 5.69 Å². The third kappa shape index (κ3) is 2.84.